The number of aromatic nitrogens is 9. The van der Waals surface area contributed by atoms with Gasteiger partial charge in [-0.3, -0.25) is 56.9 Å². The van der Waals surface area contributed by atoms with Crippen LogP contribution in [0.25, 0.3) is 66.5 Å². The number of pyridine rings is 3. The number of nitrogens with one attached hydrogen (secondary N) is 6. The van der Waals surface area contributed by atoms with Crippen molar-refractivity contribution in [3.8, 4) is 67.9 Å². The van der Waals surface area contributed by atoms with Crippen LogP contribution < -0.4 is 77.0 Å². The predicted octanol–water partition coefficient (Wildman–Crippen LogP) is 19.5. The van der Waals surface area contributed by atoms with Gasteiger partial charge in [0.05, 0.1) is 109 Å². The van der Waals surface area contributed by atoms with E-state index in [1.807, 2.05) is 86.5 Å². The minimum absolute atomic E-state index is 0.000300. The van der Waals surface area contributed by atoms with E-state index < -0.39 is 11.1 Å². The van der Waals surface area contributed by atoms with Crippen molar-refractivity contribution in [2.75, 3.05) is 129 Å². The lowest BCUT2D eigenvalue weighted by atomic mass is 9.90. The summed E-state index contributed by atoms with van der Waals surface area (Å²) in [5.41, 5.74) is 5.99. The third-order valence-electron chi connectivity index (χ3n) is 25.8. The summed E-state index contributed by atoms with van der Waals surface area (Å²) in [5.74, 6) is 2.22. The number of methoxy groups -OCH3 is 6. The SMILES string of the molecule is C=CC(=O)CC1CCCC1Nc1ncc2cc(-c3c(Cl)c(OC)cc(OC)c3Cl)c(=O)n(CCc3ccc(NC(=O)/C=C/CN(C)C)cc3)c2n1.C=CC(=O)CC1CCCC1Nc1ncc2cc(-c3c(Cl)c(OC)cc(OC)c3Cl)c(=O)n(Cc3ccc(NC(=O)/C=C/CN(C)C)cc3)c2n1.C=CC(=O)C[C@H]1CCOC[C@H]1Nc1ncc2cc(-c3c(Cl)c(OC)cc(OC)c3Cl)c(=O)n(CCc3ccc(NC(=O)C=C)cc3)c2n1. The highest BCUT2D eigenvalue weighted by Crippen LogP contribution is 2.50. The Kier molecular flexibility index (Phi) is 39.6. The van der Waals surface area contributed by atoms with E-state index in [0.29, 0.717) is 150 Å². The molecule has 0 spiro atoms. The number of anilines is 6. The standard InChI is InChI=1S/C38H42Cl2N6O5.C37H40Cl2N6O5.C35H35Cl2N5O6/c1-6-27(47)19-24-9-7-10-29(24)43-38-41-22-25-20-28(33-34(39)30(50-4)21-31(51-5)35(33)40)37(49)46(36(25)44-38)18-16-23-12-14-26(15-13-23)42-32(48)11-8-17-45(2)3;1-6-26(46)17-23-9-7-10-28(23)42-37-40-20-24-18-27(32-33(38)29(49-4)19-30(50-5)34(32)39)36(48)45(35(24)43-37)21-22-12-14-25(15-13-22)41-31(47)11-8-16-44(2)3;1-5-24(43)15-21-12-14-48-19-26(21)40-35-38-18-22-16-25(30-31(36)27(46-3)17-28(47-4)32(30)37)34(45)42(33(22)41-35)13-11-20-7-9-23(10-8-20)39-29(44)6-2/h6,8,11-15,20-22,24,29H,1,7,9-10,16-19H2,2-5H3,(H,42,48)(H,41,43,44);6,8,11-15,18-20,23,28H,1,7,9-10,16-17,21H2,2-5H3,(H,41,47)(H,40,42,43);5-10,16-18,21,26H,1-2,11-15,19H2,3-4H3,(H,39,44)(H,38,40,41)/b2*11-8+;/t;;21-,26-/m..1/s1. The summed E-state index contributed by atoms with van der Waals surface area (Å²) < 4.78 is 43.2. The normalized spacial score (nSPS) is 15.8. The molecule has 3 amide bonds. The molecule has 6 atom stereocenters. The minimum atomic E-state index is -0.403. The summed E-state index contributed by atoms with van der Waals surface area (Å²) in [6, 6.07) is 31.4. The first kappa shape index (κ1) is 112. The van der Waals surface area contributed by atoms with Crippen molar-refractivity contribution in [1.29, 1.82) is 0 Å². The van der Waals surface area contributed by atoms with E-state index in [-0.39, 0.29) is 177 Å². The molecule has 6 N–H and O–H groups in total. The first-order valence-electron chi connectivity index (χ1n) is 48.0. The number of ether oxygens (including phenoxy) is 7. The van der Waals surface area contributed by atoms with Crippen molar-refractivity contribution < 1.29 is 61.9 Å². The van der Waals surface area contributed by atoms with Crippen LogP contribution in [0, 0.1) is 17.8 Å². The zero-order chi connectivity index (χ0) is 107. The van der Waals surface area contributed by atoms with Gasteiger partial charge in [0.2, 0.25) is 35.6 Å². The molecular formula is C110H117Cl6N17O16. The summed E-state index contributed by atoms with van der Waals surface area (Å²) in [5, 5.41) is 21.3. The fourth-order valence-electron chi connectivity index (χ4n) is 18.0. The molecule has 0 bridgehead atoms. The summed E-state index contributed by atoms with van der Waals surface area (Å²) in [7, 11) is 16.5. The van der Waals surface area contributed by atoms with E-state index >= 15 is 0 Å². The van der Waals surface area contributed by atoms with Crippen molar-refractivity contribution >= 4 is 173 Å². The van der Waals surface area contributed by atoms with E-state index in [4.69, 9.17) is 118 Å². The number of likely N-dealkylation sites (N-methyl/N-ethyl adjacent to an activating group) is 2. The Balaban J connectivity index is 0.000000186. The number of halogens is 6. The van der Waals surface area contributed by atoms with Gasteiger partial charge in [-0.15, -0.1) is 0 Å². The smallest absolute Gasteiger partial charge is 0.260 e. The van der Waals surface area contributed by atoms with Gasteiger partial charge >= 0.3 is 0 Å². The summed E-state index contributed by atoms with van der Waals surface area (Å²) in [4.78, 5) is 148. The zero-order valence-electron chi connectivity index (χ0n) is 84.2. The second kappa shape index (κ2) is 52.6. The molecule has 6 aromatic heterocycles. The van der Waals surface area contributed by atoms with Crippen molar-refractivity contribution in [2.24, 2.45) is 17.8 Å². The Morgan fingerprint density at radius 2 is 0.711 bits per heavy atom. The monoisotopic (exact) mass is 2140 g/mol. The Morgan fingerprint density at radius 1 is 0.403 bits per heavy atom. The van der Waals surface area contributed by atoms with Gasteiger partial charge in [-0.1, -0.05) is 157 Å². The predicted molar refractivity (Wildman–Crippen MR) is 590 cm³/mol. The van der Waals surface area contributed by atoms with E-state index in [1.54, 1.807) is 105 Å². The maximum atomic E-state index is 14.5. The molecule has 2 aliphatic carbocycles. The third-order valence-corrected chi connectivity index (χ3v) is 28.0. The second-order valence-electron chi connectivity index (χ2n) is 36.2. The fourth-order valence-corrected chi connectivity index (χ4v) is 20.1. The highest BCUT2D eigenvalue weighted by atomic mass is 35.5. The van der Waals surface area contributed by atoms with Gasteiger partial charge in [0.15, 0.2) is 17.3 Å². The van der Waals surface area contributed by atoms with Gasteiger partial charge in [0.1, 0.15) is 51.4 Å². The van der Waals surface area contributed by atoms with Crippen LogP contribution in [-0.4, -0.2) is 204 Å². The van der Waals surface area contributed by atoms with Crippen LogP contribution in [0.1, 0.15) is 80.9 Å². The van der Waals surface area contributed by atoms with Crippen LogP contribution in [0.4, 0.5) is 34.9 Å². The number of aryl methyl sites for hydroxylation is 4. The summed E-state index contributed by atoms with van der Waals surface area (Å²) >= 11 is 40.6. The average Bonchev–Trinajstić information content (AvgIpc) is 1.74. The number of carbonyl (C=O) groups excluding carboxylic acids is 6. The molecule has 780 valence electrons. The molecule has 3 aliphatic rings. The van der Waals surface area contributed by atoms with Gasteiger partial charge in [-0.05, 0) is 186 Å². The highest BCUT2D eigenvalue weighted by molar-refractivity contribution is 6.43. The van der Waals surface area contributed by atoms with Crippen molar-refractivity contribution in [3.05, 3.63) is 281 Å². The summed E-state index contributed by atoms with van der Waals surface area (Å²) in [6.07, 6.45) is 25.0. The number of fused-ring (bicyclic) bond motifs is 3. The number of hydrogen-bond acceptors (Lipinski definition) is 27. The molecule has 3 fully saturated rings. The number of hydrogen-bond donors (Lipinski definition) is 6. The molecular weight excluding hydrogens is 2030 g/mol. The van der Waals surface area contributed by atoms with Crippen LogP contribution in [-0.2, 0) is 66.0 Å². The molecule has 4 unspecified atom stereocenters. The molecule has 2 saturated carbocycles. The van der Waals surface area contributed by atoms with E-state index in [2.05, 4.69) is 73.2 Å². The third kappa shape index (κ3) is 28.1. The van der Waals surface area contributed by atoms with Crippen LogP contribution in [0.15, 0.2) is 217 Å². The lowest BCUT2D eigenvalue weighted by Gasteiger charge is -2.31. The van der Waals surface area contributed by atoms with Crippen molar-refractivity contribution in [1.82, 2.24) is 53.4 Å². The number of amides is 3. The van der Waals surface area contributed by atoms with E-state index in [1.165, 1.54) is 79.1 Å². The molecule has 0 radical (unpaired) electrons. The number of benzene rings is 6. The molecule has 39 heteroatoms. The lowest BCUT2D eigenvalue weighted by molar-refractivity contribution is -0.116. The Morgan fingerprint density at radius 3 is 1.03 bits per heavy atom. The van der Waals surface area contributed by atoms with Gasteiger partial charge in [0, 0.05) is 163 Å². The Labute approximate surface area is 892 Å². The van der Waals surface area contributed by atoms with Gasteiger partial charge < -0.3 is 74.9 Å². The molecule has 149 heavy (non-hydrogen) atoms. The summed E-state index contributed by atoms with van der Waals surface area (Å²) in [6.45, 7) is 17.1. The van der Waals surface area contributed by atoms with E-state index in [9.17, 15) is 43.2 Å². The maximum Gasteiger partial charge on any atom is 0.260 e. The second-order valence-corrected chi connectivity index (χ2v) is 38.5. The minimum Gasteiger partial charge on any atom is -0.495 e. The molecule has 12 aromatic rings. The first-order valence-corrected chi connectivity index (χ1v) is 50.3. The molecule has 15 rings (SSSR count). The van der Waals surface area contributed by atoms with Crippen LogP contribution in [0.5, 0.6) is 34.5 Å². The number of rotatable bonds is 42. The Hall–Kier alpha value is -14.1. The van der Waals surface area contributed by atoms with Crippen molar-refractivity contribution in [2.45, 2.75) is 115 Å². The number of allylic oxidation sites excluding steroid dienone is 3. The fraction of sp³-hybridized carbons (Fsp3) is 0.318. The largest absolute Gasteiger partial charge is 0.495 e. The van der Waals surface area contributed by atoms with Gasteiger partial charge in [-0.25, -0.2) is 15.0 Å². The molecule has 6 aromatic carbocycles. The number of carbonyl (C=O) groups is 6. The Bertz CT molecular complexity index is 7200. The highest BCUT2D eigenvalue weighted by Gasteiger charge is 2.35. The first-order chi connectivity index (χ1) is 71.7. The average molecular weight is 2150 g/mol. The maximum absolute atomic E-state index is 14.5. The van der Waals surface area contributed by atoms with Crippen LogP contribution >= 0.6 is 69.6 Å². The zero-order valence-corrected chi connectivity index (χ0v) is 88.7. The van der Waals surface area contributed by atoms with E-state index in [0.717, 1.165) is 55.2 Å². The molecule has 1 aliphatic heterocycles. The number of ketones is 3. The topological polar surface area (TPSA) is 389 Å². The van der Waals surface area contributed by atoms with Crippen molar-refractivity contribution in [3.63, 3.8) is 0 Å². The lowest BCUT2D eigenvalue weighted by Crippen LogP contribution is -2.40. The van der Waals surface area contributed by atoms with Crippen LogP contribution in [0.3, 0.4) is 0 Å². The van der Waals surface area contributed by atoms with Gasteiger partial charge in [0.25, 0.3) is 16.7 Å². The van der Waals surface area contributed by atoms with Gasteiger partial charge in [-0.2, -0.15) is 15.0 Å². The van der Waals surface area contributed by atoms with Crippen LogP contribution in [0.2, 0.25) is 30.1 Å². The molecule has 1 saturated heterocycles. The quantitative estimate of drug-likeness (QED) is 0.0194. The molecule has 33 nitrogen and oxygen atoms in total. The number of nitrogens with zero attached hydrogens (tertiary/aromatic N) is 11. The molecule has 7 heterocycles.